The maximum atomic E-state index is 12.7. The van der Waals surface area contributed by atoms with Crippen molar-refractivity contribution in [1.29, 1.82) is 0 Å². The first-order valence-electron chi connectivity index (χ1n) is 5.90. The van der Waals surface area contributed by atoms with Gasteiger partial charge in [0.05, 0.1) is 0 Å². The van der Waals surface area contributed by atoms with Crippen molar-refractivity contribution in [3.63, 3.8) is 0 Å². The lowest BCUT2D eigenvalue weighted by atomic mass is 10.3. The zero-order chi connectivity index (χ0) is 14.5. The Bertz CT molecular complexity index is 719. The van der Waals surface area contributed by atoms with Crippen LogP contribution in [0.4, 0.5) is 10.1 Å². The summed E-state index contributed by atoms with van der Waals surface area (Å²) in [5.74, 6) is -0.697. The molecule has 0 atom stereocenters. The minimum Gasteiger partial charge on any atom is -0.326 e. The van der Waals surface area contributed by atoms with Gasteiger partial charge in [-0.25, -0.2) is 9.18 Å². The second-order valence-electron chi connectivity index (χ2n) is 4.11. The van der Waals surface area contributed by atoms with Gasteiger partial charge in [-0.3, -0.25) is 14.6 Å². The Morgan fingerprint density at radius 3 is 2.55 bits per heavy atom. The van der Waals surface area contributed by atoms with Crippen molar-refractivity contribution in [3.05, 3.63) is 63.2 Å². The molecular formula is C13H12FN3O3. The third-order valence-electron chi connectivity index (χ3n) is 2.60. The van der Waals surface area contributed by atoms with E-state index in [-0.39, 0.29) is 24.7 Å². The number of halogens is 1. The van der Waals surface area contributed by atoms with Crippen LogP contribution in [0, 0.1) is 5.82 Å². The molecule has 0 aliphatic heterocycles. The number of nitrogens with zero attached hydrogens (tertiary/aromatic N) is 1. The van der Waals surface area contributed by atoms with Crippen molar-refractivity contribution in [3.8, 4) is 0 Å². The first kappa shape index (κ1) is 13.7. The van der Waals surface area contributed by atoms with E-state index < -0.39 is 11.2 Å². The van der Waals surface area contributed by atoms with Gasteiger partial charge in [0.25, 0.3) is 5.56 Å². The standard InChI is InChI=1S/C13H12FN3O3/c14-9-1-3-10(4-2-9)15-11(18)5-7-17-8-6-12(19)16-13(17)20/h1-4,6,8H,5,7H2,(H,15,18)(H,16,19,20). The third-order valence-corrected chi connectivity index (χ3v) is 2.60. The van der Waals surface area contributed by atoms with E-state index in [9.17, 15) is 18.8 Å². The van der Waals surface area contributed by atoms with Gasteiger partial charge in [-0.05, 0) is 24.3 Å². The number of carbonyl (C=O) groups excluding carboxylic acids is 1. The van der Waals surface area contributed by atoms with Crippen LogP contribution in [-0.2, 0) is 11.3 Å². The number of amides is 1. The number of aromatic nitrogens is 2. The Kier molecular flexibility index (Phi) is 4.09. The smallest absolute Gasteiger partial charge is 0.326 e. The minimum atomic E-state index is -0.563. The van der Waals surface area contributed by atoms with E-state index in [4.69, 9.17) is 0 Å². The van der Waals surface area contributed by atoms with E-state index in [1.165, 1.54) is 41.1 Å². The number of carbonyl (C=O) groups is 1. The van der Waals surface area contributed by atoms with Crippen molar-refractivity contribution in [1.82, 2.24) is 9.55 Å². The summed E-state index contributed by atoms with van der Waals surface area (Å²) in [5, 5.41) is 2.58. The number of benzene rings is 1. The molecule has 0 aliphatic rings. The van der Waals surface area contributed by atoms with Crippen LogP contribution in [0.25, 0.3) is 0 Å². The molecule has 1 amide bonds. The predicted molar refractivity (Wildman–Crippen MR) is 71.0 cm³/mol. The molecule has 0 aliphatic carbocycles. The monoisotopic (exact) mass is 277 g/mol. The lowest BCUT2D eigenvalue weighted by Crippen LogP contribution is -2.29. The van der Waals surface area contributed by atoms with Gasteiger partial charge in [-0.1, -0.05) is 0 Å². The van der Waals surface area contributed by atoms with Gasteiger partial charge in [0.2, 0.25) is 5.91 Å². The molecule has 0 fully saturated rings. The number of hydrogen-bond acceptors (Lipinski definition) is 3. The molecule has 104 valence electrons. The number of nitrogens with one attached hydrogen (secondary N) is 2. The van der Waals surface area contributed by atoms with Gasteiger partial charge in [0.1, 0.15) is 5.82 Å². The average molecular weight is 277 g/mol. The second kappa shape index (κ2) is 5.96. The summed E-state index contributed by atoms with van der Waals surface area (Å²) in [7, 11) is 0. The van der Waals surface area contributed by atoms with E-state index in [2.05, 4.69) is 10.3 Å². The van der Waals surface area contributed by atoms with Crippen LogP contribution < -0.4 is 16.6 Å². The molecular weight excluding hydrogens is 265 g/mol. The number of anilines is 1. The summed E-state index contributed by atoms with van der Waals surface area (Å²) in [6.45, 7) is 0.142. The predicted octanol–water partition coefficient (Wildman–Crippen LogP) is 0.704. The molecule has 1 aromatic carbocycles. The van der Waals surface area contributed by atoms with Gasteiger partial charge in [-0.15, -0.1) is 0 Å². The van der Waals surface area contributed by atoms with Crippen LogP contribution in [0.2, 0.25) is 0 Å². The van der Waals surface area contributed by atoms with Crippen LogP contribution in [0.3, 0.4) is 0 Å². The van der Waals surface area contributed by atoms with E-state index >= 15 is 0 Å². The summed E-state index contributed by atoms with van der Waals surface area (Å²) >= 11 is 0. The van der Waals surface area contributed by atoms with Crippen molar-refractivity contribution in [2.75, 3.05) is 5.32 Å². The molecule has 2 rings (SSSR count). The molecule has 2 aromatic rings. The third kappa shape index (κ3) is 3.64. The summed E-state index contributed by atoms with van der Waals surface area (Å²) < 4.78 is 13.9. The molecule has 0 radical (unpaired) electrons. The highest BCUT2D eigenvalue weighted by Crippen LogP contribution is 2.08. The lowest BCUT2D eigenvalue weighted by molar-refractivity contribution is -0.116. The van der Waals surface area contributed by atoms with E-state index in [1.54, 1.807) is 0 Å². The Labute approximate surface area is 112 Å². The lowest BCUT2D eigenvalue weighted by Gasteiger charge is -2.06. The molecule has 6 nitrogen and oxygen atoms in total. The van der Waals surface area contributed by atoms with Gasteiger partial charge >= 0.3 is 5.69 Å². The number of aryl methyl sites for hydroxylation is 1. The number of aromatic amines is 1. The molecule has 7 heteroatoms. The van der Waals surface area contributed by atoms with E-state index in [0.29, 0.717) is 5.69 Å². The topological polar surface area (TPSA) is 84.0 Å². The van der Waals surface area contributed by atoms with Crippen LogP contribution in [0.15, 0.2) is 46.1 Å². The van der Waals surface area contributed by atoms with Crippen molar-refractivity contribution < 1.29 is 9.18 Å². The largest absolute Gasteiger partial charge is 0.328 e. The highest BCUT2D eigenvalue weighted by molar-refractivity contribution is 5.90. The molecule has 0 spiro atoms. The fraction of sp³-hybridized carbons (Fsp3) is 0.154. The molecule has 0 bridgehead atoms. The highest BCUT2D eigenvalue weighted by Gasteiger charge is 2.04. The van der Waals surface area contributed by atoms with Gasteiger partial charge in [-0.2, -0.15) is 0 Å². The van der Waals surface area contributed by atoms with E-state index in [0.717, 1.165) is 0 Å². The zero-order valence-corrected chi connectivity index (χ0v) is 10.4. The summed E-state index contributed by atoms with van der Waals surface area (Å²) in [5.41, 5.74) is -0.570. The maximum Gasteiger partial charge on any atom is 0.328 e. The van der Waals surface area contributed by atoms with Crippen LogP contribution in [-0.4, -0.2) is 15.5 Å². The molecule has 0 saturated carbocycles. The van der Waals surface area contributed by atoms with Crippen molar-refractivity contribution >= 4 is 11.6 Å². The maximum absolute atomic E-state index is 12.7. The van der Waals surface area contributed by atoms with Crippen LogP contribution in [0.1, 0.15) is 6.42 Å². The molecule has 20 heavy (non-hydrogen) atoms. The SMILES string of the molecule is O=C(CCn1ccc(=O)[nH]c1=O)Nc1ccc(F)cc1. The summed E-state index contributed by atoms with van der Waals surface area (Å²) in [6.07, 6.45) is 1.38. The Hall–Kier alpha value is -2.70. The number of H-pyrrole nitrogens is 1. The Balaban J connectivity index is 1.93. The zero-order valence-electron chi connectivity index (χ0n) is 10.4. The van der Waals surface area contributed by atoms with Gasteiger partial charge < -0.3 is 9.88 Å². The quantitative estimate of drug-likeness (QED) is 0.863. The summed E-state index contributed by atoms with van der Waals surface area (Å²) in [6, 6.07) is 6.57. The Morgan fingerprint density at radius 1 is 1.20 bits per heavy atom. The average Bonchev–Trinajstić information content (AvgIpc) is 2.40. The normalized spacial score (nSPS) is 10.2. The number of hydrogen-bond donors (Lipinski definition) is 2. The molecule has 2 N–H and O–H groups in total. The molecule has 1 aromatic heterocycles. The highest BCUT2D eigenvalue weighted by atomic mass is 19.1. The van der Waals surface area contributed by atoms with Gasteiger partial charge in [0.15, 0.2) is 0 Å². The summed E-state index contributed by atoms with van der Waals surface area (Å²) in [4.78, 5) is 36.0. The first-order valence-corrected chi connectivity index (χ1v) is 5.90. The van der Waals surface area contributed by atoms with Crippen molar-refractivity contribution in [2.24, 2.45) is 0 Å². The van der Waals surface area contributed by atoms with Gasteiger partial charge in [0, 0.05) is 30.9 Å². The Morgan fingerprint density at radius 2 is 1.90 bits per heavy atom. The van der Waals surface area contributed by atoms with Crippen LogP contribution >= 0.6 is 0 Å². The number of rotatable bonds is 4. The molecule has 1 heterocycles. The van der Waals surface area contributed by atoms with E-state index in [1.807, 2.05) is 0 Å². The fourth-order valence-electron chi connectivity index (χ4n) is 1.60. The molecule has 0 saturated heterocycles. The second-order valence-corrected chi connectivity index (χ2v) is 4.11. The first-order chi connectivity index (χ1) is 9.54. The molecule has 0 unspecified atom stereocenters. The fourth-order valence-corrected chi connectivity index (χ4v) is 1.60. The van der Waals surface area contributed by atoms with Crippen molar-refractivity contribution in [2.45, 2.75) is 13.0 Å². The van der Waals surface area contributed by atoms with Crippen LogP contribution in [0.5, 0.6) is 0 Å². The minimum absolute atomic E-state index is 0.0589.